The van der Waals surface area contributed by atoms with Gasteiger partial charge in [-0.2, -0.15) is 5.10 Å². The molecule has 1 aliphatic heterocycles. The van der Waals surface area contributed by atoms with Crippen molar-refractivity contribution >= 4 is 5.52 Å². The van der Waals surface area contributed by atoms with Crippen molar-refractivity contribution in [3.05, 3.63) is 96.1 Å². The van der Waals surface area contributed by atoms with Gasteiger partial charge in [0.1, 0.15) is 12.4 Å². The highest BCUT2D eigenvalue weighted by molar-refractivity contribution is 5.53. The lowest BCUT2D eigenvalue weighted by Crippen LogP contribution is -2.30. The minimum Gasteiger partial charge on any atom is -0.487 e. The fourth-order valence-electron chi connectivity index (χ4n) is 4.35. The van der Waals surface area contributed by atoms with E-state index in [4.69, 9.17) is 9.47 Å². The van der Waals surface area contributed by atoms with Gasteiger partial charge in [-0.25, -0.2) is 4.52 Å². The first-order valence-electron chi connectivity index (χ1n) is 11.2. The van der Waals surface area contributed by atoms with Crippen LogP contribution in [0.2, 0.25) is 0 Å². The number of benzene rings is 1. The first-order chi connectivity index (χ1) is 15.8. The monoisotopic (exact) mass is 428 g/mol. The molecule has 32 heavy (non-hydrogen) atoms. The van der Waals surface area contributed by atoms with Gasteiger partial charge in [0.25, 0.3) is 0 Å². The maximum absolute atomic E-state index is 5.97. The molecular formula is C26H28N4O2. The average Bonchev–Trinajstić information content (AvgIpc) is 3.21. The summed E-state index contributed by atoms with van der Waals surface area (Å²) in [5.41, 5.74) is 4.69. The summed E-state index contributed by atoms with van der Waals surface area (Å²) < 4.78 is 13.9. The van der Waals surface area contributed by atoms with Crippen molar-refractivity contribution in [1.82, 2.24) is 19.5 Å². The van der Waals surface area contributed by atoms with Crippen LogP contribution in [-0.2, 0) is 24.3 Å². The summed E-state index contributed by atoms with van der Waals surface area (Å²) >= 11 is 0. The van der Waals surface area contributed by atoms with Crippen LogP contribution < -0.4 is 4.74 Å². The predicted molar refractivity (Wildman–Crippen MR) is 123 cm³/mol. The van der Waals surface area contributed by atoms with Crippen LogP contribution in [0.5, 0.6) is 5.75 Å². The summed E-state index contributed by atoms with van der Waals surface area (Å²) in [6, 6.07) is 20.6. The summed E-state index contributed by atoms with van der Waals surface area (Å²) in [5.74, 6) is 1.32. The Morgan fingerprint density at radius 2 is 2.03 bits per heavy atom. The van der Waals surface area contributed by atoms with Crippen molar-refractivity contribution in [3.8, 4) is 5.75 Å². The lowest BCUT2D eigenvalue weighted by atomic mass is 9.99. The van der Waals surface area contributed by atoms with Gasteiger partial charge in [-0.1, -0.05) is 24.3 Å². The second-order valence-electron chi connectivity index (χ2n) is 8.33. The van der Waals surface area contributed by atoms with E-state index < -0.39 is 0 Å². The van der Waals surface area contributed by atoms with E-state index in [9.17, 15) is 0 Å². The number of fused-ring (bicyclic) bond motifs is 1. The molecule has 164 valence electrons. The molecule has 3 aromatic heterocycles. The van der Waals surface area contributed by atoms with Crippen molar-refractivity contribution in [2.75, 3.05) is 26.3 Å². The maximum Gasteiger partial charge on any atom is 0.130 e. The molecule has 0 bridgehead atoms. The topological polar surface area (TPSA) is 51.9 Å². The first-order valence-corrected chi connectivity index (χ1v) is 11.2. The molecule has 0 unspecified atom stereocenters. The largest absolute Gasteiger partial charge is 0.487 e. The standard InChI is InChI=1S/C26H28N4O2/c1-2-10-27-24(7-1)20-32-25-8-3-5-21(16-25)17-29-13-14-31-19-22(18-29)15-23-6-4-12-30-26(23)9-11-28-30/h1-12,16,22H,13-15,17-20H2/t22-/m0/s1. The number of ether oxygens (including phenoxy) is 2. The van der Waals surface area contributed by atoms with Gasteiger partial charge >= 0.3 is 0 Å². The molecule has 5 rings (SSSR count). The van der Waals surface area contributed by atoms with Crippen LogP contribution in [0, 0.1) is 5.92 Å². The summed E-state index contributed by atoms with van der Waals surface area (Å²) in [4.78, 5) is 6.82. The van der Waals surface area contributed by atoms with Crippen LogP contribution in [0.15, 0.2) is 79.3 Å². The maximum atomic E-state index is 5.97. The van der Waals surface area contributed by atoms with E-state index >= 15 is 0 Å². The Balaban J connectivity index is 1.22. The van der Waals surface area contributed by atoms with E-state index in [0.717, 1.165) is 50.7 Å². The molecule has 1 fully saturated rings. The minimum atomic E-state index is 0.446. The van der Waals surface area contributed by atoms with Crippen molar-refractivity contribution in [2.45, 2.75) is 19.6 Å². The fraction of sp³-hybridized carbons (Fsp3) is 0.308. The molecule has 4 aromatic rings. The van der Waals surface area contributed by atoms with Gasteiger partial charge < -0.3 is 9.47 Å². The second kappa shape index (κ2) is 9.94. The molecule has 4 heterocycles. The third kappa shape index (κ3) is 5.15. The highest BCUT2D eigenvalue weighted by Crippen LogP contribution is 2.21. The van der Waals surface area contributed by atoms with Crippen LogP contribution in [0.25, 0.3) is 5.52 Å². The molecular weight excluding hydrogens is 400 g/mol. The Labute approximate surface area is 188 Å². The molecule has 1 atom stereocenters. The third-order valence-electron chi connectivity index (χ3n) is 5.87. The number of nitrogens with zero attached hydrogens (tertiary/aromatic N) is 4. The molecule has 6 heteroatoms. The van der Waals surface area contributed by atoms with Gasteiger partial charge in [-0.05, 0) is 59.9 Å². The molecule has 1 aliphatic rings. The number of hydrogen-bond acceptors (Lipinski definition) is 5. The molecule has 0 amide bonds. The first kappa shape index (κ1) is 20.7. The molecule has 0 spiro atoms. The smallest absolute Gasteiger partial charge is 0.130 e. The van der Waals surface area contributed by atoms with Gasteiger partial charge in [-0.15, -0.1) is 0 Å². The lowest BCUT2D eigenvalue weighted by Gasteiger charge is -2.24. The number of rotatable bonds is 7. The number of pyridine rings is 2. The van der Waals surface area contributed by atoms with E-state index in [-0.39, 0.29) is 0 Å². The van der Waals surface area contributed by atoms with E-state index in [1.54, 1.807) is 6.20 Å². The van der Waals surface area contributed by atoms with Crippen molar-refractivity contribution in [3.63, 3.8) is 0 Å². The highest BCUT2D eigenvalue weighted by atomic mass is 16.5. The average molecular weight is 429 g/mol. The zero-order valence-electron chi connectivity index (χ0n) is 18.1. The van der Waals surface area contributed by atoms with Crippen LogP contribution in [0.3, 0.4) is 0 Å². The second-order valence-corrected chi connectivity index (χ2v) is 8.33. The summed E-state index contributed by atoms with van der Waals surface area (Å²) in [6.07, 6.45) is 6.63. The highest BCUT2D eigenvalue weighted by Gasteiger charge is 2.20. The molecule has 0 aliphatic carbocycles. The minimum absolute atomic E-state index is 0.446. The van der Waals surface area contributed by atoms with E-state index in [2.05, 4.69) is 51.4 Å². The summed E-state index contributed by atoms with van der Waals surface area (Å²) in [7, 11) is 0. The van der Waals surface area contributed by atoms with Gasteiger partial charge in [0.2, 0.25) is 0 Å². The zero-order valence-corrected chi connectivity index (χ0v) is 18.1. The van der Waals surface area contributed by atoms with E-state index in [0.29, 0.717) is 12.5 Å². The Morgan fingerprint density at radius 3 is 2.97 bits per heavy atom. The van der Waals surface area contributed by atoms with E-state index in [1.807, 2.05) is 41.2 Å². The Hall–Kier alpha value is -3.22. The zero-order chi connectivity index (χ0) is 21.6. The van der Waals surface area contributed by atoms with Crippen molar-refractivity contribution in [1.29, 1.82) is 0 Å². The quantitative estimate of drug-likeness (QED) is 0.445. The predicted octanol–water partition coefficient (Wildman–Crippen LogP) is 4.00. The lowest BCUT2D eigenvalue weighted by molar-refractivity contribution is 0.122. The molecule has 0 N–H and O–H groups in total. The van der Waals surface area contributed by atoms with Gasteiger partial charge in [0.05, 0.1) is 24.4 Å². The van der Waals surface area contributed by atoms with Crippen molar-refractivity contribution in [2.24, 2.45) is 5.92 Å². The van der Waals surface area contributed by atoms with E-state index in [1.165, 1.54) is 16.6 Å². The SMILES string of the molecule is c1ccc(COc2cccc(CN3CCOC[C@@H](Cc4cccn5nccc45)C3)c2)nc1. The summed E-state index contributed by atoms with van der Waals surface area (Å²) in [6.45, 7) is 4.87. The molecule has 0 saturated carbocycles. The van der Waals surface area contributed by atoms with Crippen molar-refractivity contribution < 1.29 is 9.47 Å². The normalized spacial score (nSPS) is 17.3. The summed E-state index contributed by atoms with van der Waals surface area (Å²) in [5, 5.41) is 4.36. The Kier molecular flexibility index (Phi) is 6.42. The van der Waals surface area contributed by atoms with Crippen LogP contribution in [-0.4, -0.2) is 45.8 Å². The van der Waals surface area contributed by atoms with Crippen LogP contribution in [0.1, 0.15) is 16.8 Å². The molecule has 1 aromatic carbocycles. The third-order valence-corrected chi connectivity index (χ3v) is 5.87. The van der Waals surface area contributed by atoms with Gasteiger partial charge in [0, 0.05) is 38.2 Å². The Bertz CT molecular complexity index is 1140. The number of hydrogen-bond donors (Lipinski definition) is 0. The molecule has 1 saturated heterocycles. The van der Waals surface area contributed by atoms with Gasteiger partial charge in [-0.3, -0.25) is 9.88 Å². The fourth-order valence-corrected chi connectivity index (χ4v) is 4.35. The Morgan fingerprint density at radius 1 is 1.03 bits per heavy atom. The van der Waals surface area contributed by atoms with Crippen LogP contribution in [0.4, 0.5) is 0 Å². The van der Waals surface area contributed by atoms with Crippen LogP contribution >= 0.6 is 0 Å². The number of aromatic nitrogens is 3. The van der Waals surface area contributed by atoms with Gasteiger partial charge in [0.15, 0.2) is 0 Å². The molecule has 6 nitrogen and oxygen atoms in total. The molecule has 0 radical (unpaired) electrons.